The second-order valence-corrected chi connectivity index (χ2v) is 5.92. The summed E-state index contributed by atoms with van der Waals surface area (Å²) in [5.41, 5.74) is 0. The fourth-order valence-electron chi connectivity index (χ4n) is 3.32. The summed E-state index contributed by atoms with van der Waals surface area (Å²) in [6, 6.07) is 0. The van der Waals surface area contributed by atoms with Crippen LogP contribution in [-0.4, -0.2) is 13.6 Å². The normalized spacial score (nSPS) is 29.2. The molecule has 0 radical (unpaired) electrons. The van der Waals surface area contributed by atoms with Crippen molar-refractivity contribution in [2.75, 3.05) is 13.6 Å². The minimum atomic E-state index is 0.940. The zero-order chi connectivity index (χ0) is 12.5. The fourth-order valence-corrected chi connectivity index (χ4v) is 3.32. The van der Waals surface area contributed by atoms with Crippen molar-refractivity contribution in [2.24, 2.45) is 17.8 Å². The van der Waals surface area contributed by atoms with Crippen LogP contribution in [0.25, 0.3) is 0 Å². The number of hydrogen-bond acceptors (Lipinski definition) is 1. The second-order valence-electron chi connectivity index (χ2n) is 5.92. The van der Waals surface area contributed by atoms with E-state index in [1.165, 1.54) is 57.9 Å². The van der Waals surface area contributed by atoms with Crippen LogP contribution in [0, 0.1) is 17.8 Å². The third kappa shape index (κ3) is 5.72. The van der Waals surface area contributed by atoms with Gasteiger partial charge in [0, 0.05) is 0 Å². The van der Waals surface area contributed by atoms with Crippen LogP contribution in [-0.2, 0) is 0 Å². The molecule has 0 bridgehead atoms. The molecule has 0 spiro atoms. The number of allylic oxidation sites excluding steroid dienone is 1. The summed E-state index contributed by atoms with van der Waals surface area (Å²) >= 11 is 0. The lowest BCUT2D eigenvalue weighted by atomic mass is 9.72. The molecule has 1 aliphatic carbocycles. The molecule has 100 valence electrons. The Balaban J connectivity index is 2.23. The van der Waals surface area contributed by atoms with Gasteiger partial charge in [-0.05, 0) is 57.0 Å². The van der Waals surface area contributed by atoms with Gasteiger partial charge in [-0.15, -0.1) is 6.58 Å². The lowest BCUT2D eigenvalue weighted by Gasteiger charge is -2.35. The Labute approximate surface area is 108 Å². The van der Waals surface area contributed by atoms with Crippen LogP contribution in [0.2, 0.25) is 0 Å². The smallest absolute Gasteiger partial charge is 0.00209 e. The van der Waals surface area contributed by atoms with E-state index in [-0.39, 0.29) is 0 Å². The van der Waals surface area contributed by atoms with Gasteiger partial charge in [0.25, 0.3) is 0 Å². The molecular formula is C16H31N. The van der Waals surface area contributed by atoms with Crippen molar-refractivity contribution >= 4 is 0 Å². The molecule has 0 heterocycles. The molecule has 0 aliphatic heterocycles. The molecule has 0 amide bonds. The molecule has 0 aromatic heterocycles. The Kier molecular flexibility index (Phi) is 7.59. The summed E-state index contributed by atoms with van der Waals surface area (Å²) in [4.78, 5) is 0. The summed E-state index contributed by atoms with van der Waals surface area (Å²) < 4.78 is 0. The molecule has 1 nitrogen and oxygen atoms in total. The molecular weight excluding hydrogens is 206 g/mol. The van der Waals surface area contributed by atoms with Crippen LogP contribution < -0.4 is 5.32 Å². The van der Waals surface area contributed by atoms with Crippen LogP contribution in [0.3, 0.4) is 0 Å². The fraction of sp³-hybridized carbons (Fsp3) is 0.875. The van der Waals surface area contributed by atoms with Crippen molar-refractivity contribution in [2.45, 2.75) is 58.3 Å². The minimum Gasteiger partial charge on any atom is -0.319 e. The van der Waals surface area contributed by atoms with E-state index in [4.69, 9.17) is 0 Å². The van der Waals surface area contributed by atoms with Crippen LogP contribution in [0.1, 0.15) is 58.3 Å². The van der Waals surface area contributed by atoms with E-state index in [9.17, 15) is 0 Å². The van der Waals surface area contributed by atoms with Crippen molar-refractivity contribution in [3.63, 3.8) is 0 Å². The van der Waals surface area contributed by atoms with Gasteiger partial charge in [0.2, 0.25) is 0 Å². The van der Waals surface area contributed by atoms with Gasteiger partial charge < -0.3 is 5.32 Å². The highest BCUT2D eigenvalue weighted by atomic mass is 14.8. The first kappa shape index (κ1) is 14.8. The van der Waals surface area contributed by atoms with E-state index < -0.39 is 0 Å². The molecule has 1 fully saturated rings. The Hall–Kier alpha value is -0.300. The number of unbranched alkanes of at least 4 members (excludes halogenated alkanes) is 3. The van der Waals surface area contributed by atoms with Gasteiger partial charge in [-0.1, -0.05) is 38.7 Å². The van der Waals surface area contributed by atoms with Gasteiger partial charge in [-0.25, -0.2) is 0 Å². The van der Waals surface area contributed by atoms with Crippen molar-refractivity contribution < 1.29 is 0 Å². The van der Waals surface area contributed by atoms with E-state index in [1.807, 2.05) is 6.08 Å². The molecule has 1 rings (SSSR count). The van der Waals surface area contributed by atoms with Crippen LogP contribution >= 0.6 is 0 Å². The van der Waals surface area contributed by atoms with Crippen molar-refractivity contribution in [3.05, 3.63) is 12.7 Å². The van der Waals surface area contributed by atoms with Gasteiger partial charge in [-0.2, -0.15) is 0 Å². The van der Waals surface area contributed by atoms with Crippen LogP contribution in [0.15, 0.2) is 12.7 Å². The van der Waals surface area contributed by atoms with Gasteiger partial charge in [-0.3, -0.25) is 0 Å². The summed E-state index contributed by atoms with van der Waals surface area (Å²) in [6.45, 7) is 7.44. The van der Waals surface area contributed by atoms with E-state index in [2.05, 4.69) is 25.9 Å². The van der Waals surface area contributed by atoms with Crippen LogP contribution in [0.5, 0.6) is 0 Å². The molecule has 3 unspecified atom stereocenters. The Morgan fingerprint density at radius 2 is 2.00 bits per heavy atom. The van der Waals surface area contributed by atoms with Gasteiger partial charge >= 0.3 is 0 Å². The van der Waals surface area contributed by atoms with Gasteiger partial charge in [0.1, 0.15) is 0 Å². The summed E-state index contributed by atoms with van der Waals surface area (Å²) in [6.07, 6.45) is 13.2. The van der Waals surface area contributed by atoms with E-state index in [0.29, 0.717) is 0 Å². The summed E-state index contributed by atoms with van der Waals surface area (Å²) in [5.74, 6) is 2.88. The first-order valence-corrected chi connectivity index (χ1v) is 7.53. The predicted octanol–water partition coefficient (Wildman–Crippen LogP) is 4.39. The Morgan fingerprint density at radius 1 is 1.18 bits per heavy atom. The maximum atomic E-state index is 3.79. The average Bonchev–Trinajstić information content (AvgIpc) is 2.32. The molecule has 0 aromatic carbocycles. The minimum absolute atomic E-state index is 0.940. The third-order valence-corrected chi connectivity index (χ3v) is 4.35. The lowest BCUT2D eigenvalue weighted by molar-refractivity contribution is 0.173. The van der Waals surface area contributed by atoms with Crippen molar-refractivity contribution in [3.8, 4) is 0 Å². The zero-order valence-corrected chi connectivity index (χ0v) is 11.9. The molecule has 1 saturated carbocycles. The highest BCUT2D eigenvalue weighted by molar-refractivity contribution is 4.79. The molecule has 3 atom stereocenters. The van der Waals surface area contributed by atoms with Crippen molar-refractivity contribution in [1.29, 1.82) is 0 Å². The zero-order valence-electron chi connectivity index (χ0n) is 11.9. The molecule has 17 heavy (non-hydrogen) atoms. The highest BCUT2D eigenvalue weighted by Gasteiger charge is 2.27. The monoisotopic (exact) mass is 237 g/mol. The van der Waals surface area contributed by atoms with Crippen molar-refractivity contribution in [1.82, 2.24) is 5.32 Å². The molecule has 1 aliphatic rings. The number of hydrogen-bond donors (Lipinski definition) is 1. The SMILES string of the molecule is C=CCCCCCC1CC(C)CCC1CNC. The highest BCUT2D eigenvalue weighted by Crippen LogP contribution is 2.36. The maximum absolute atomic E-state index is 3.79. The Bertz CT molecular complexity index is 200. The molecule has 0 aromatic rings. The summed E-state index contributed by atoms with van der Waals surface area (Å²) in [7, 11) is 2.10. The van der Waals surface area contributed by atoms with E-state index in [1.54, 1.807) is 0 Å². The first-order chi connectivity index (χ1) is 8.27. The predicted molar refractivity (Wildman–Crippen MR) is 77.2 cm³/mol. The van der Waals surface area contributed by atoms with Crippen LogP contribution in [0.4, 0.5) is 0 Å². The van der Waals surface area contributed by atoms with E-state index >= 15 is 0 Å². The summed E-state index contributed by atoms with van der Waals surface area (Å²) in [5, 5.41) is 3.38. The third-order valence-electron chi connectivity index (χ3n) is 4.35. The first-order valence-electron chi connectivity index (χ1n) is 7.53. The van der Waals surface area contributed by atoms with Gasteiger partial charge in [0.15, 0.2) is 0 Å². The topological polar surface area (TPSA) is 12.0 Å². The quantitative estimate of drug-likeness (QED) is 0.487. The number of nitrogens with one attached hydrogen (secondary N) is 1. The largest absolute Gasteiger partial charge is 0.319 e. The lowest BCUT2D eigenvalue weighted by Crippen LogP contribution is -2.31. The standard InChI is InChI=1S/C16H31N/c1-4-5-6-7-8-9-15-12-14(2)10-11-16(15)13-17-3/h4,14-17H,1,5-13H2,2-3H3. The maximum Gasteiger partial charge on any atom is -0.00209 e. The average molecular weight is 237 g/mol. The molecule has 1 N–H and O–H groups in total. The van der Waals surface area contributed by atoms with Gasteiger partial charge in [0.05, 0.1) is 0 Å². The molecule has 1 heteroatoms. The number of rotatable bonds is 8. The van der Waals surface area contributed by atoms with E-state index in [0.717, 1.165) is 17.8 Å². The Morgan fingerprint density at radius 3 is 2.71 bits per heavy atom. The second kappa shape index (κ2) is 8.74. The molecule has 0 saturated heterocycles.